The van der Waals surface area contributed by atoms with Crippen molar-refractivity contribution in [2.45, 2.75) is 51.1 Å². The second kappa shape index (κ2) is 4.94. The Balaban J connectivity index is 1.79. The minimum atomic E-state index is -0.976. The molecule has 2 aliphatic carbocycles. The topological polar surface area (TPSA) is 78.4 Å². The van der Waals surface area contributed by atoms with Crippen molar-refractivity contribution < 1.29 is 14.7 Å². The lowest BCUT2D eigenvalue weighted by Crippen LogP contribution is -2.49. The van der Waals surface area contributed by atoms with E-state index in [2.05, 4.69) is 10.6 Å². The molecule has 5 heteroatoms. The molecule has 5 nitrogen and oxygen atoms in total. The highest BCUT2D eigenvalue weighted by atomic mass is 16.4. The normalized spacial score (nSPS) is 32.2. The molecule has 2 bridgehead atoms. The lowest BCUT2D eigenvalue weighted by molar-refractivity contribution is -0.139. The van der Waals surface area contributed by atoms with E-state index in [1.807, 2.05) is 0 Å². The van der Waals surface area contributed by atoms with E-state index in [0.29, 0.717) is 12.3 Å². The van der Waals surface area contributed by atoms with Crippen LogP contribution in [-0.2, 0) is 4.79 Å². The number of urea groups is 1. The Hall–Kier alpha value is -1.26. The first-order valence-electron chi connectivity index (χ1n) is 6.40. The van der Waals surface area contributed by atoms with Crippen molar-refractivity contribution in [1.29, 1.82) is 0 Å². The number of aliphatic carboxylic acids is 1. The number of carboxylic acid groups (broad SMARTS) is 1. The molecule has 17 heavy (non-hydrogen) atoms. The quantitative estimate of drug-likeness (QED) is 0.693. The maximum Gasteiger partial charge on any atom is 0.326 e. The Kier molecular flexibility index (Phi) is 3.54. The van der Waals surface area contributed by atoms with Crippen molar-refractivity contribution in [2.75, 3.05) is 0 Å². The summed E-state index contributed by atoms with van der Waals surface area (Å²) in [5, 5.41) is 14.3. The van der Waals surface area contributed by atoms with E-state index in [9.17, 15) is 9.59 Å². The summed E-state index contributed by atoms with van der Waals surface area (Å²) in [5.41, 5.74) is 0. The van der Waals surface area contributed by atoms with Crippen molar-refractivity contribution in [3.8, 4) is 0 Å². The maximum atomic E-state index is 11.7. The number of carbonyl (C=O) groups is 2. The summed E-state index contributed by atoms with van der Waals surface area (Å²) in [4.78, 5) is 22.5. The first kappa shape index (κ1) is 12.2. The van der Waals surface area contributed by atoms with Crippen LogP contribution in [-0.4, -0.2) is 29.2 Å². The van der Waals surface area contributed by atoms with Gasteiger partial charge in [0.25, 0.3) is 0 Å². The van der Waals surface area contributed by atoms with Crippen molar-refractivity contribution in [3.63, 3.8) is 0 Å². The highest BCUT2D eigenvalue weighted by Gasteiger charge is 2.40. The van der Waals surface area contributed by atoms with Gasteiger partial charge in [0.15, 0.2) is 0 Å². The van der Waals surface area contributed by atoms with Crippen molar-refractivity contribution in [3.05, 3.63) is 0 Å². The monoisotopic (exact) mass is 240 g/mol. The average Bonchev–Trinajstić information content (AvgIpc) is 2.87. The molecule has 2 amide bonds. The van der Waals surface area contributed by atoms with Gasteiger partial charge in [0.2, 0.25) is 0 Å². The van der Waals surface area contributed by atoms with Crippen LogP contribution in [0.1, 0.15) is 39.0 Å². The molecule has 2 aliphatic rings. The van der Waals surface area contributed by atoms with E-state index < -0.39 is 12.0 Å². The number of hydrogen-bond acceptors (Lipinski definition) is 2. The summed E-state index contributed by atoms with van der Waals surface area (Å²) >= 11 is 0. The standard InChI is InChI=1S/C12H20N2O3/c1-2-9(11(15)16)13-12(17)14-10-6-7-3-4-8(10)5-7/h7-10H,2-6H2,1H3,(H,15,16)(H2,13,14,17)/t7?,8?,9-,10?/m0/s1. The van der Waals surface area contributed by atoms with Gasteiger partial charge < -0.3 is 15.7 Å². The molecule has 0 aliphatic heterocycles. The number of fused-ring (bicyclic) bond motifs is 2. The van der Waals surface area contributed by atoms with Gasteiger partial charge in [-0.3, -0.25) is 0 Å². The fourth-order valence-electron chi connectivity index (χ4n) is 3.13. The fraction of sp³-hybridized carbons (Fsp3) is 0.833. The first-order valence-corrected chi connectivity index (χ1v) is 6.40. The molecule has 0 radical (unpaired) electrons. The molecular weight excluding hydrogens is 220 g/mol. The van der Waals surface area contributed by atoms with E-state index in [1.54, 1.807) is 6.92 Å². The van der Waals surface area contributed by atoms with E-state index in [0.717, 1.165) is 12.3 Å². The first-order chi connectivity index (χ1) is 8.10. The van der Waals surface area contributed by atoms with Crippen molar-refractivity contribution in [2.24, 2.45) is 11.8 Å². The molecule has 3 N–H and O–H groups in total. The third kappa shape index (κ3) is 2.70. The van der Waals surface area contributed by atoms with Gasteiger partial charge in [-0.15, -0.1) is 0 Å². The molecule has 2 saturated carbocycles. The molecule has 2 fully saturated rings. The smallest absolute Gasteiger partial charge is 0.326 e. The zero-order valence-corrected chi connectivity index (χ0v) is 10.1. The third-order valence-electron chi connectivity index (χ3n) is 4.07. The van der Waals surface area contributed by atoms with Crippen LogP contribution in [0, 0.1) is 11.8 Å². The lowest BCUT2D eigenvalue weighted by atomic mass is 9.95. The zero-order valence-electron chi connectivity index (χ0n) is 10.1. The molecule has 2 rings (SSSR count). The highest BCUT2D eigenvalue weighted by Crippen LogP contribution is 2.44. The SMILES string of the molecule is CC[C@H](NC(=O)NC1CC2CCC1C2)C(=O)O. The Bertz CT molecular complexity index is 319. The summed E-state index contributed by atoms with van der Waals surface area (Å²) in [7, 11) is 0. The molecule has 0 aromatic heterocycles. The van der Waals surface area contributed by atoms with Crippen LogP contribution in [0.5, 0.6) is 0 Å². The van der Waals surface area contributed by atoms with Crippen molar-refractivity contribution >= 4 is 12.0 Å². The van der Waals surface area contributed by atoms with E-state index in [1.165, 1.54) is 19.3 Å². The molecule has 0 saturated heterocycles. The number of hydrogen-bond donors (Lipinski definition) is 3. The Labute approximate surface area is 101 Å². The van der Waals surface area contributed by atoms with Crippen LogP contribution in [0.25, 0.3) is 0 Å². The van der Waals surface area contributed by atoms with Gasteiger partial charge in [0.05, 0.1) is 0 Å². The van der Waals surface area contributed by atoms with Crippen LogP contribution in [0.4, 0.5) is 4.79 Å². The highest BCUT2D eigenvalue weighted by molar-refractivity contribution is 5.82. The predicted octanol–water partition coefficient (Wildman–Crippen LogP) is 1.34. The van der Waals surface area contributed by atoms with Crippen LogP contribution in [0.15, 0.2) is 0 Å². The molecule has 0 spiro atoms. The lowest BCUT2D eigenvalue weighted by Gasteiger charge is -2.24. The van der Waals surface area contributed by atoms with Gasteiger partial charge >= 0.3 is 12.0 Å². The molecule has 0 aromatic carbocycles. The van der Waals surface area contributed by atoms with Crippen LogP contribution < -0.4 is 10.6 Å². The van der Waals surface area contributed by atoms with E-state index in [-0.39, 0.29) is 12.1 Å². The van der Waals surface area contributed by atoms with Gasteiger partial charge in [-0.1, -0.05) is 13.3 Å². The second-order valence-corrected chi connectivity index (χ2v) is 5.20. The van der Waals surface area contributed by atoms with Gasteiger partial charge in [0, 0.05) is 6.04 Å². The van der Waals surface area contributed by atoms with Gasteiger partial charge in [0.1, 0.15) is 6.04 Å². The van der Waals surface area contributed by atoms with Gasteiger partial charge in [-0.05, 0) is 37.5 Å². The van der Waals surface area contributed by atoms with E-state index in [4.69, 9.17) is 5.11 Å². The predicted molar refractivity (Wildman–Crippen MR) is 62.6 cm³/mol. The Morgan fingerprint density at radius 1 is 1.35 bits per heavy atom. The number of nitrogens with one attached hydrogen (secondary N) is 2. The minimum absolute atomic E-state index is 0.250. The molecule has 0 heterocycles. The minimum Gasteiger partial charge on any atom is -0.480 e. The van der Waals surface area contributed by atoms with Gasteiger partial charge in [-0.2, -0.15) is 0 Å². The Morgan fingerprint density at radius 3 is 2.59 bits per heavy atom. The summed E-state index contributed by atoms with van der Waals surface area (Å²) in [6.45, 7) is 1.75. The molecule has 0 aromatic rings. The summed E-state index contributed by atoms with van der Waals surface area (Å²) < 4.78 is 0. The summed E-state index contributed by atoms with van der Waals surface area (Å²) in [6.07, 6.45) is 5.17. The fourth-order valence-corrected chi connectivity index (χ4v) is 3.13. The van der Waals surface area contributed by atoms with Crippen LogP contribution in [0.3, 0.4) is 0 Å². The maximum absolute atomic E-state index is 11.7. The average molecular weight is 240 g/mol. The molecular formula is C12H20N2O3. The van der Waals surface area contributed by atoms with Crippen LogP contribution in [0.2, 0.25) is 0 Å². The largest absolute Gasteiger partial charge is 0.480 e. The molecule has 96 valence electrons. The number of rotatable bonds is 4. The number of amides is 2. The van der Waals surface area contributed by atoms with Crippen molar-refractivity contribution in [1.82, 2.24) is 10.6 Å². The summed E-state index contributed by atoms with van der Waals surface area (Å²) in [6, 6.07) is -0.870. The summed E-state index contributed by atoms with van der Waals surface area (Å²) in [5.74, 6) is 0.401. The van der Waals surface area contributed by atoms with Crippen LogP contribution >= 0.6 is 0 Å². The number of carbonyl (C=O) groups excluding carboxylic acids is 1. The third-order valence-corrected chi connectivity index (χ3v) is 4.07. The Morgan fingerprint density at radius 2 is 2.12 bits per heavy atom. The number of carboxylic acids is 1. The van der Waals surface area contributed by atoms with E-state index >= 15 is 0 Å². The molecule has 3 unspecified atom stereocenters. The van der Waals surface area contributed by atoms with Gasteiger partial charge in [-0.25, -0.2) is 9.59 Å². The second-order valence-electron chi connectivity index (χ2n) is 5.20. The molecule has 4 atom stereocenters. The zero-order chi connectivity index (χ0) is 12.4.